The van der Waals surface area contributed by atoms with Crippen LogP contribution in [0.5, 0.6) is 0 Å². The number of benzene rings is 1. The minimum Gasteiger partial charge on any atom is -0.389 e. The zero-order chi connectivity index (χ0) is 15.6. The quantitative estimate of drug-likeness (QED) is 0.682. The number of nitrogens with zero attached hydrogens (tertiary/aromatic N) is 2. The van der Waals surface area contributed by atoms with Gasteiger partial charge in [-0.15, -0.1) is 0 Å². The lowest BCUT2D eigenvalue weighted by atomic mass is 9.94. The third-order valence-electron chi connectivity index (χ3n) is 4.17. The van der Waals surface area contributed by atoms with Crippen LogP contribution in [0.2, 0.25) is 0 Å². The lowest BCUT2D eigenvalue weighted by Crippen LogP contribution is -2.47. The molecule has 0 aromatic heterocycles. The summed E-state index contributed by atoms with van der Waals surface area (Å²) in [6, 6.07) is 4.92. The molecule has 21 heavy (non-hydrogen) atoms. The molecule has 1 unspecified atom stereocenters. The lowest BCUT2D eigenvalue weighted by Gasteiger charge is -2.40. The summed E-state index contributed by atoms with van der Waals surface area (Å²) in [5.74, 6) is 0. The molecular formula is C15H22N2O4. The van der Waals surface area contributed by atoms with Gasteiger partial charge in [-0.2, -0.15) is 0 Å². The summed E-state index contributed by atoms with van der Waals surface area (Å²) in [6.45, 7) is 5.02. The number of anilines is 1. The van der Waals surface area contributed by atoms with Gasteiger partial charge in [0.25, 0.3) is 5.69 Å². The molecule has 2 rings (SSSR count). The van der Waals surface area contributed by atoms with Crippen LogP contribution < -0.4 is 4.90 Å². The number of rotatable bonds is 4. The van der Waals surface area contributed by atoms with Crippen molar-refractivity contribution in [1.82, 2.24) is 0 Å². The van der Waals surface area contributed by atoms with Crippen LogP contribution in [0.3, 0.4) is 0 Å². The van der Waals surface area contributed by atoms with Crippen molar-refractivity contribution in [2.75, 3.05) is 25.1 Å². The maximum atomic E-state index is 11.3. The van der Waals surface area contributed by atoms with E-state index in [-0.39, 0.29) is 16.2 Å². The molecule has 1 fully saturated rings. The van der Waals surface area contributed by atoms with Gasteiger partial charge in [-0.05, 0) is 38.3 Å². The van der Waals surface area contributed by atoms with E-state index in [0.29, 0.717) is 17.8 Å². The van der Waals surface area contributed by atoms with Gasteiger partial charge in [0, 0.05) is 26.3 Å². The number of aliphatic hydroxyl groups is 1. The first-order valence-corrected chi connectivity index (χ1v) is 7.13. The highest BCUT2D eigenvalue weighted by molar-refractivity contribution is 5.65. The van der Waals surface area contributed by atoms with Crippen LogP contribution in [-0.2, 0) is 4.74 Å². The third-order valence-corrected chi connectivity index (χ3v) is 4.17. The van der Waals surface area contributed by atoms with Crippen LogP contribution in [0, 0.1) is 10.1 Å². The largest absolute Gasteiger partial charge is 0.389 e. The fourth-order valence-electron chi connectivity index (χ4n) is 2.79. The van der Waals surface area contributed by atoms with Crippen LogP contribution in [0.1, 0.15) is 38.4 Å². The zero-order valence-corrected chi connectivity index (χ0v) is 12.7. The monoisotopic (exact) mass is 294 g/mol. The van der Waals surface area contributed by atoms with E-state index in [9.17, 15) is 15.2 Å². The second-order valence-electron chi connectivity index (χ2n) is 5.86. The number of ether oxygens (including phenoxy) is 1. The molecule has 1 aliphatic heterocycles. The molecule has 0 bridgehead atoms. The topological polar surface area (TPSA) is 75.8 Å². The van der Waals surface area contributed by atoms with Crippen molar-refractivity contribution in [2.45, 2.75) is 38.4 Å². The SMILES string of the molecule is COC1(C)CCCN(c2ccc([C@@H](C)O)cc2[N+](=O)[O-])C1. The first kappa shape index (κ1) is 15.7. The van der Waals surface area contributed by atoms with E-state index >= 15 is 0 Å². The summed E-state index contributed by atoms with van der Waals surface area (Å²) >= 11 is 0. The number of hydrogen-bond donors (Lipinski definition) is 1. The summed E-state index contributed by atoms with van der Waals surface area (Å²) in [5.41, 5.74) is 0.896. The van der Waals surface area contributed by atoms with Crippen molar-refractivity contribution in [1.29, 1.82) is 0 Å². The van der Waals surface area contributed by atoms with Crippen molar-refractivity contribution in [3.63, 3.8) is 0 Å². The van der Waals surface area contributed by atoms with E-state index in [2.05, 4.69) is 0 Å². The van der Waals surface area contributed by atoms with Crippen molar-refractivity contribution in [3.8, 4) is 0 Å². The number of nitro benzene ring substituents is 1. The predicted molar refractivity (Wildman–Crippen MR) is 80.6 cm³/mol. The molecule has 1 aromatic carbocycles. The highest BCUT2D eigenvalue weighted by Gasteiger charge is 2.33. The molecule has 2 atom stereocenters. The van der Waals surface area contributed by atoms with Crippen LogP contribution in [0.4, 0.5) is 11.4 Å². The molecule has 0 radical (unpaired) electrons. The molecule has 0 saturated carbocycles. The Balaban J connectivity index is 2.36. The molecule has 6 heteroatoms. The van der Waals surface area contributed by atoms with E-state index in [1.54, 1.807) is 26.2 Å². The number of aliphatic hydroxyl groups excluding tert-OH is 1. The summed E-state index contributed by atoms with van der Waals surface area (Å²) in [4.78, 5) is 12.9. The van der Waals surface area contributed by atoms with Crippen LogP contribution in [0.15, 0.2) is 18.2 Å². The Bertz CT molecular complexity index is 532. The Morgan fingerprint density at radius 1 is 1.52 bits per heavy atom. The maximum absolute atomic E-state index is 11.3. The fourth-order valence-corrected chi connectivity index (χ4v) is 2.79. The average molecular weight is 294 g/mol. The Hall–Kier alpha value is -1.66. The van der Waals surface area contributed by atoms with Crippen molar-refractivity contribution < 1.29 is 14.8 Å². The zero-order valence-electron chi connectivity index (χ0n) is 12.7. The molecular weight excluding hydrogens is 272 g/mol. The van der Waals surface area contributed by atoms with E-state index < -0.39 is 6.10 Å². The van der Waals surface area contributed by atoms with E-state index in [0.717, 1.165) is 19.4 Å². The smallest absolute Gasteiger partial charge is 0.292 e. The number of methoxy groups -OCH3 is 1. The first-order valence-electron chi connectivity index (χ1n) is 7.13. The fraction of sp³-hybridized carbons (Fsp3) is 0.600. The van der Waals surface area contributed by atoms with Crippen LogP contribution in [0.25, 0.3) is 0 Å². The molecule has 0 amide bonds. The van der Waals surface area contributed by atoms with E-state index in [4.69, 9.17) is 4.74 Å². The Kier molecular flexibility index (Phi) is 4.49. The van der Waals surface area contributed by atoms with Gasteiger partial charge in [-0.1, -0.05) is 6.07 Å². The minimum absolute atomic E-state index is 0.0359. The average Bonchev–Trinajstić information content (AvgIpc) is 2.46. The van der Waals surface area contributed by atoms with E-state index in [1.807, 2.05) is 11.8 Å². The highest BCUT2D eigenvalue weighted by Crippen LogP contribution is 2.35. The minimum atomic E-state index is -0.719. The van der Waals surface area contributed by atoms with Gasteiger partial charge >= 0.3 is 0 Å². The van der Waals surface area contributed by atoms with Crippen molar-refractivity contribution in [2.24, 2.45) is 0 Å². The summed E-state index contributed by atoms with van der Waals surface area (Å²) < 4.78 is 5.54. The number of nitro groups is 1. The summed E-state index contributed by atoms with van der Waals surface area (Å²) in [7, 11) is 1.68. The van der Waals surface area contributed by atoms with Gasteiger partial charge in [-0.25, -0.2) is 0 Å². The van der Waals surface area contributed by atoms with Gasteiger partial charge in [0.2, 0.25) is 0 Å². The summed E-state index contributed by atoms with van der Waals surface area (Å²) in [5, 5.41) is 20.9. The number of hydrogen-bond acceptors (Lipinski definition) is 5. The van der Waals surface area contributed by atoms with Gasteiger partial charge in [0.05, 0.1) is 16.6 Å². The molecule has 1 N–H and O–H groups in total. The standard InChI is InChI=1S/C15H22N2O4/c1-11(18)12-5-6-13(14(9-12)17(19)20)16-8-4-7-15(2,10-16)21-3/h5-6,9,11,18H,4,7-8,10H2,1-3H3/t11-,15?/m1/s1. The highest BCUT2D eigenvalue weighted by atomic mass is 16.6. The molecule has 0 aliphatic carbocycles. The first-order chi connectivity index (χ1) is 9.86. The third kappa shape index (κ3) is 3.33. The summed E-state index contributed by atoms with van der Waals surface area (Å²) in [6.07, 6.45) is 1.16. The molecule has 1 aliphatic rings. The molecule has 116 valence electrons. The van der Waals surface area contributed by atoms with Crippen LogP contribution in [-0.4, -0.2) is 35.8 Å². The van der Waals surface area contributed by atoms with Crippen molar-refractivity contribution >= 4 is 11.4 Å². The second kappa shape index (κ2) is 5.99. The van der Waals surface area contributed by atoms with Crippen LogP contribution >= 0.6 is 0 Å². The normalized spacial score (nSPS) is 23.9. The molecule has 1 aromatic rings. The molecule has 6 nitrogen and oxygen atoms in total. The molecule has 0 spiro atoms. The Morgan fingerprint density at radius 3 is 2.81 bits per heavy atom. The second-order valence-corrected chi connectivity index (χ2v) is 5.86. The maximum Gasteiger partial charge on any atom is 0.292 e. The van der Waals surface area contributed by atoms with Crippen molar-refractivity contribution in [3.05, 3.63) is 33.9 Å². The van der Waals surface area contributed by atoms with E-state index in [1.165, 1.54) is 6.07 Å². The van der Waals surface area contributed by atoms with Gasteiger partial charge in [0.15, 0.2) is 0 Å². The van der Waals surface area contributed by atoms with Gasteiger partial charge in [0.1, 0.15) is 5.69 Å². The Morgan fingerprint density at radius 2 is 2.24 bits per heavy atom. The molecule has 1 heterocycles. The van der Waals surface area contributed by atoms with Gasteiger partial charge < -0.3 is 14.7 Å². The molecule has 1 saturated heterocycles. The predicted octanol–water partition coefficient (Wildman–Crippen LogP) is 2.65. The van der Waals surface area contributed by atoms with Gasteiger partial charge in [-0.3, -0.25) is 10.1 Å². The number of piperidine rings is 1. The lowest BCUT2D eigenvalue weighted by molar-refractivity contribution is -0.384. The Labute approximate surface area is 124 Å².